The molecule has 1 N–H and O–H groups in total. The van der Waals surface area contributed by atoms with Crippen LogP contribution in [0.2, 0.25) is 5.02 Å². The lowest BCUT2D eigenvalue weighted by molar-refractivity contribution is 0.102. The highest BCUT2D eigenvalue weighted by atomic mass is 35.5. The van der Waals surface area contributed by atoms with Gasteiger partial charge in [-0.3, -0.25) is 10.1 Å². The Hall–Kier alpha value is -2.26. The van der Waals surface area contributed by atoms with Gasteiger partial charge in [-0.2, -0.15) is 0 Å². The largest absolute Gasteiger partial charge is 0.298 e. The Bertz CT molecular complexity index is 1190. The van der Waals surface area contributed by atoms with Gasteiger partial charge in [0.1, 0.15) is 0 Å². The number of nitrogens with zero attached hydrogens (tertiary/aromatic N) is 2. The van der Waals surface area contributed by atoms with Crippen molar-refractivity contribution in [2.75, 3.05) is 19.4 Å². The SMILES string of the molecule is Cc1ccc(C)c(-c2csc(NC(=O)c3cc(S(=O)(=O)N(C)C)ccc3Cl)n2)c1. The molecule has 9 heteroatoms. The van der Waals surface area contributed by atoms with Crippen molar-refractivity contribution in [3.63, 3.8) is 0 Å². The zero-order valence-corrected chi connectivity index (χ0v) is 18.7. The number of anilines is 1. The molecule has 0 aliphatic rings. The van der Waals surface area contributed by atoms with Crippen molar-refractivity contribution in [2.24, 2.45) is 0 Å². The van der Waals surface area contributed by atoms with E-state index >= 15 is 0 Å². The summed E-state index contributed by atoms with van der Waals surface area (Å²) >= 11 is 7.43. The number of halogens is 1. The van der Waals surface area contributed by atoms with Gasteiger partial charge in [0.05, 0.1) is 21.2 Å². The number of aromatic nitrogens is 1. The van der Waals surface area contributed by atoms with Gasteiger partial charge in [-0.05, 0) is 43.7 Å². The highest BCUT2D eigenvalue weighted by molar-refractivity contribution is 7.89. The lowest BCUT2D eigenvalue weighted by Crippen LogP contribution is -2.23. The van der Waals surface area contributed by atoms with Gasteiger partial charge in [0.15, 0.2) is 5.13 Å². The lowest BCUT2D eigenvalue weighted by Gasteiger charge is -2.13. The van der Waals surface area contributed by atoms with Crippen molar-refractivity contribution < 1.29 is 13.2 Å². The maximum atomic E-state index is 12.7. The van der Waals surface area contributed by atoms with Crippen molar-refractivity contribution in [1.82, 2.24) is 9.29 Å². The van der Waals surface area contributed by atoms with Gasteiger partial charge in [0, 0.05) is 25.0 Å². The van der Waals surface area contributed by atoms with Crippen LogP contribution in [0.4, 0.5) is 5.13 Å². The zero-order chi connectivity index (χ0) is 21.3. The Labute approximate surface area is 179 Å². The number of hydrogen-bond acceptors (Lipinski definition) is 5. The third-order valence-corrected chi connectivity index (χ3v) is 7.25. The number of aryl methyl sites for hydroxylation is 2. The first-order chi connectivity index (χ1) is 13.6. The van der Waals surface area contributed by atoms with Crippen LogP contribution in [0.5, 0.6) is 0 Å². The highest BCUT2D eigenvalue weighted by Crippen LogP contribution is 2.29. The molecule has 0 bridgehead atoms. The van der Waals surface area contributed by atoms with Gasteiger partial charge in [-0.25, -0.2) is 17.7 Å². The van der Waals surface area contributed by atoms with Crippen LogP contribution < -0.4 is 5.32 Å². The maximum Gasteiger partial charge on any atom is 0.259 e. The van der Waals surface area contributed by atoms with E-state index in [0.717, 1.165) is 26.7 Å². The summed E-state index contributed by atoms with van der Waals surface area (Å²) in [4.78, 5) is 17.2. The second-order valence-corrected chi connectivity index (χ2v) is 10.2. The summed E-state index contributed by atoms with van der Waals surface area (Å²) in [5.74, 6) is -0.521. The Morgan fingerprint density at radius 3 is 2.55 bits per heavy atom. The summed E-state index contributed by atoms with van der Waals surface area (Å²) in [5.41, 5.74) is 4.04. The van der Waals surface area contributed by atoms with Gasteiger partial charge in [-0.1, -0.05) is 29.3 Å². The molecule has 0 aliphatic carbocycles. The van der Waals surface area contributed by atoms with Crippen LogP contribution in [-0.4, -0.2) is 37.7 Å². The molecule has 152 valence electrons. The number of carbonyl (C=O) groups excluding carboxylic acids is 1. The number of hydrogen-bond donors (Lipinski definition) is 1. The molecule has 3 rings (SSSR count). The number of thiazole rings is 1. The first-order valence-electron chi connectivity index (χ1n) is 8.66. The number of nitrogens with one attached hydrogen (secondary N) is 1. The maximum absolute atomic E-state index is 12.7. The minimum absolute atomic E-state index is 0.00716. The molecule has 0 radical (unpaired) electrons. The van der Waals surface area contributed by atoms with E-state index in [1.165, 1.54) is 43.6 Å². The molecule has 0 unspecified atom stereocenters. The summed E-state index contributed by atoms with van der Waals surface area (Å²) < 4.78 is 25.8. The number of benzene rings is 2. The predicted molar refractivity (Wildman–Crippen MR) is 117 cm³/mol. The molecule has 0 fully saturated rings. The summed E-state index contributed by atoms with van der Waals surface area (Å²) in [5, 5.41) is 5.14. The summed E-state index contributed by atoms with van der Waals surface area (Å²) in [7, 11) is -0.832. The second-order valence-electron chi connectivity index (χ2n) is 6.74. The van der Waals surface area contributed by atoms with Crippen LogP contribution in [0.15, 0.2) is 46.7 Å². The molecule has 2 aromatic carbocycles. The van der Waals surface area contributed by atoms with Crippen molar-refractivity contribution in [3.8, 4) is 11.3 Å². The fourth-order valence-corrected chi connectivity index (χ4v) is 4.52. The average molecular weight is 450 g/mol. The van der Waals surface area contributed by atoms with E-state index in [1.807, 2.05) is 37.4 Å². The molecule has 3 aromatic rings. The number of carbonyl (C=O) groups is 1. The molecule has 0 saturated heterocycles. The van der Waals surface area contributed by atoms with Crippen molar-refractivity contribution in [1.29, 1.82) is 0 Å². The third-order valence-electron chi connectivity index (χ3n) is 4.35. The molecule has 1 heterocycles. The van der Waals surface area contributed by atoms with Gasteiger partial charge in [-0.15, -0.1) is 11.3 Å². The summed E-state index contributed by atoms with van der Waals surface area (Å²) in [6.07, 6.45) is 0. The summed E-state index contributed by atoms with van der Waals surface area (Å²) in [6.45, 7) is 4.01. The molecular weight excluding hydrogens is 430 g/mol. The van der Waals surface area contributed by atoms with Gasteiger partial charge in [0.25, 0.3) is 5.91 Å². The molecule has 0 saturated carbocycles. The van der Waals surface area contributed by atoms with Gasteiger partial charge >= 0.3 is 0 Å². The molecule has 0 aliphatic heterocycles. The van der Waals surface area contributed by atoms with Crippen molar-refractivity contribution in [2.45, 2.75) is 18.7 Å². The van der Waals surface area contributed by atoms with E-state index in [2.05, 4.69) is 10.3 Å². The first kappa shape index (κ1) is 21.4. The fraction of sp³-hybridized carbons (Fsp3) is 0.200. The van der Waals surface area contributed by atoms with Crippen LogP contribution in [0.1, 0.15) is 21.5 Å². The standard InChI is InChI=1S/C20H20ClN3O3S2/c1-12-5-6-13(2)15(9-12)18-11-28-20(22-18)23-19(25)16-10-14(7-8-17(16)21)29(26,27)24(3)4/h5-11H,1-4H3,(H,22,23,25). The molecule has 1 amide bonds. The molecule has 1 aromatic heterocycles. The fourth-order valence-electron chi connectivity index (χ4n) is 2.68. The molecule has 6 nitrogen and oxygen atoms in total. The Balaban J connectivity index is 1.88. The second kappa shape index (κ2) is 8.23. The van der Waals surface area contributed by atoms with E-state index in [1.54, 1.807) is 0 Å². The van der Waals surface area contributed by atoms with E-state index in [0.29, 0.717) is 5.13 Å². The van der Waals surface area contributed by atoms with Crippen LogP contribution >= 0.6 is 22.9 Å². The van der Waals surface area contributed by atoms with E-state index in [9.17, 15) is 13.2 Å². The topological polar surface area (TPSA) is 79.4 Å². The third kappa shape index (κ3) is 4.51. The molecule has 0 spiro atoms. The Kier molecular flexibility index (Phi) is 6.09. The van der Waals surface area contributed by atoms with Crippen LogP contribution in [0, 0.1) is 13.8 Å². The lowest BCUT2D eigenvalue weighted by atomic mass is 10.0. The summed E-state index contributed by atoms with van der Waals surface area (Å²) in [6, 6.07) is 10.1. The smallest absolute Gasteiger partial charge is 0.259 e. The molecular formula is C20H20ClN3O3S2. The normalized spacial score (nSPS) is 11.7. The van der Waals surface area contributed by atoms with E-state index in [-0.39, 0.29) is 15.5 Å². The Morgan fingerprint density at radius 2 is 1.86 bits per heavy atom. The number of rotatable bonds is 5. The first-order valence-corrected chi connectivity index (χ1v) is 11.4. The number of sulfonamides is 1. The molecule has 29 heavy (non-hydrogen) atoms. The quantitative estimate of drug-likeness (QED) is 0.618. The highest BCUT2D eigenvalue weighted by Gasteiger charge is 2.21. The average Bonchev–Trinajstić information content (AvgIpc) is 3.11. The minimum Gasteiger partial charge on any atom is -0.298 e. The van der Waals surface area contributed by atoms with Crippen LogP contribution in [-0.2, 0) is 10.0 Å². The van der Waals surface area contributed by atoms with Crippen molar-refractivity contribution in [3.05, 3.63) is 63.5 Å². The van der Waals surface area contributed by atoms with Gasteiger partial charge in [0.2, 0.25) is 10.0 Å². The predicted octanol–water partition coefficient (Wildman–Crippen LogP) is 4.58. The van der Waals surface area contributed by atoms with Crippen molar-refractivity contribution >= 4 is 44.0 Å². The monoisotopic (exact) mass is 449 g/mol. The Morgan fingerprint density at radius 1 is 1.14 bits per heavy atom. The van der Waals surface area contributed by atoms with Gasteiger partial charge < -0.3 is 0 Å². The number of amides is 1. The van der Waals surface area contributed by atoms with Crippen LogP contribution in [0.3, 0.4) is 0 Å². The van der Waals surface area contributed by atoms with Crippen LogP contribution in [0.25, 0.3) is 11.3 Å². The van der Waals surface area contributed by atoms with E-state index in [4.69, 9.17) is 11.6 Å². The minimum atomic E-state index is -3.68. The molecule has 0 atom stereocenters. The zero-order valence-electron chi connectivity index (χ0n) is 16.4. The van der Waals surface area contributed by atoms with E-state index < -0.39 is 15.9 Å².